The summed E-state index contributed by atoms with van der Waals surface area (Å²) >= 11 is 0. The van der Waals surface area contributed by atoms with Gasteiger partial charge >= 0.3 is 0 Å². The topological polar surface area (TPSA) is 45.2 Å². The van der Waals surface area contributed by atoms with E-state index >= 15 is 0 Å². The molecule has 100 valence electrons. The summed E-state index contributed by atoms with van der Waals surface area (Å²) < 4.78 is 0. The maximum Gasteiger partial charge on any atom is 0.239 e. The Morgan fingerprint density at radius 2 is 2.00 bits per heavy atom. The van der Waals surface area contributed by atoms with E-state index < -0.39 is 0 Å². The number of carbonyl (C=O) groups is 1. The number of amides is 1. The highest BCUT2D eigenvalue weighted by Crippen LogP contribution is 2.09. The highest BCUT2D eigenvalue weighted by atomic mass is 16.2. The standard InChI is InChI=1S/C14H23N3O/c1-5-17(6-2)14(18)12(4)16-11(3)13-9-7-8-10-15-13/h7-12,16H,5-6H2,1-4H3. The normalized spacial score (nSPS) is 14.0. The summed E-state index contributed by atoms with van der Waals surface area (Å²) in [5, 5.41) is 3.29. The van der Waals surface area contributed by atoms with E-state index in [4.69, 9.17) is 0 Å². The maximum absolute atomic E-state index is 12.1. The Labute approximate surface area is 109 Å². The lowest BCUT2D eigenvalue weighted by Crippen LogP contribution is -2.45. The van der Waals surface area contributed by atoms with Crippen LogP contribution in [0.5, 0.6) is 0 Å². The second kappa shape index (κ2) is 7.11. The number of hydrogen-bond acceptors (Lipinski definition) is 3. The third-order valence-electron chi connectivity index (χ3n) is 3.08. The smallest absolute Gasteiger partial charge is 0.239 e. The van der Waals surface area contributed by atoms with E-state index in [-0.39, 0.29) is 18.0 Å². The first kappa shape index (κ1) is 14.6. The Balaban J connectivity index is 2.59. The van der Waals surface area contributed by atoms with E-state index in [1.54, 1.807) is 6.20 Å². The monoisotopic (exact) mass is 249 g/mol. The molecule has 0 aliphatic heterocycles. The molecule has 2 unspecified atom stereocenters. The molecule has 1 aromatic heterocycles. The molecular formula is C14H23N3O. The fourth-order valence-electron chi connectivity index (χ4n) is 1.97. The van der Waals surface area contributed by atoms with E-state index in [9.17, 15) is 4.79 Å². The Hall–Kier alpha value is -1.42. The molecule has 0 aliphatic rings. The molecule has 0 fully saturated rings. The van der Waals surface area contributed by atoms with Crippen LogP contribution in [-0.2, 0) is 4.79 Å². The van der Waals surface area contributed by atoms with Gasteiger partial charge in [-0.3, -0.25) is 15.1 Å². The molecule has 1 aromatic rings. The molecule has 4 heteroatoms. The Kier molecular flexibility index (Phi) is 5.78. The fourth-order valence-corrected chi connectivity index (χ4v) is 1.97. The van der Waals surface area contributed by atoms with Crippen molar-refractivity contribution < 1.29 is 4.79 Å². The van der Waals surface area contributed by atoms with Crippen molar-refractivity contribution in [2.24, 2.45) is 0 Å². The summed E-state index contributed by atoms with van der Waals surface area (Å²) in [4.78, 5) is 18.2. The molecule has 0 radical (unpaired) electrons. The van der Waals surface area contributed by atoms with E-state index in [1.807, 2.05) is 50.8 Å². The van der Waals surface area contributed by atoms with E-state index in [1.165, 1.54) is 0 Å². The van der Waals surface area contributed by atoms with Crippen molar-refractivity contribution >= 4 is 5.91 Å². The minimum Gasteiger partial charge on any atom is -0.342 e. The van der Waals surface area contributed by atoms with Gasteiger partial charge in [-0.1, -0.05) is 6.07 Å². The fraction of sp³-hybridized carbons (Fsp3) is 0.571. The summed E-state index contributed by atoms with van der Waals surface area (Å²) in [7, 11) is 0. The van der Waals surface area contributed by atoms with Gasteiger partial charge in [-0.05, 0) is 39.8 Å². The van der Waals surface area contributed by atoms with Crippen LogP contribution in [0.25, 0.3) is 0 Å². The summed E-state index contributed by atoms with van der Waals surface area (Å²) in [5.74, 6) is 0.141. The van der Waals surface area contributed by atoms with Crippen molar-refractivity contribution in [2.75, 3.05) is 13.1 Å². The van der Waals surface area contributed by atoms with Crippen LogP contribution in [0, 0.1) is 0 Å². The van der Waals surface area contributed by atoms with Crippen LogP contribution in [0.4, 0.5) is 0 Å². The highest BCUT2D eigenvalue weighted by Gasteiger charge is 2.20. The predicted octanol–water partition coefficient (Wildman–Crippen LogP) is 1.99. The minimum atomic E-state index is -0.193. The number of nitrogens with zero attached hydrogens (tertiary/aromatic N) is 2. The van der Waals surface area contributed by atoms with Crippen LogP contribution in [0.2, 0.25) is 0 Å². The molecule has 0 saturated heterocycles. The summed E-state index contributed by atoms with van der Waals surface area (Å²) in [5.41, 5.74) is 0.955. The van der Waals surface area contributed by atoms with Crippen LogP contribution < -0.4 is 5.32 Å². The van der Waals surface area contributed by atoms with E-state index in [2.05, 4.69) is 10.3 Å². The zero-order chi connectivity index (χ0) is 13.5. The summed E-state index contributed by atoms with van der Waals surface area (Å²) in [6, 6.07) is 5.69. The minimum absolute atomic E-state index is 0.0701. The van der Waals surface area contributed by atoms with Gasteiger partial charge in [0.2, 0.25) is 5.91 Å². The van der Waals surface area contributed by atoms with Crippen LogP contribution in [0.3, 0.4) is 0 Å². The van der Waals surface area contributed by atoms with Crippen molar-refractivity contribution in [3.05, 3.63) is 30.1 Å². The molecule has 0 spiro atoms. The number of hydrogen-bond donors (Lipinski definition) is 1. The van der Waals surface area contributed by atoms with Crippen molar-refractivity contribution in [3.8, 4) is 0 Å². The Morgan fingerprint density at radius 1 is 1.33 bits per heavy atom. The Bertz CT molecular complexity index is 363. The van der Waals surface area contributed by atoms with Gasteiger partial charge in [0.05, 0.1) is 11.7 Å². The quantitative estimate of drug-likeness (QED) is 0.838. The largest absolute Gasteiger partial charge is 0.342 e. The Morgan fingerprint density at radius 3 is 2.50 bits per heavy atom. The molecule has 0 bridgehead atoms. The van der Waals surface area contributed by atoms with Gasteiger partial charge in [-0.15, -0.1) is 0 Å². The van der Waals surface area contributed by atoms with Crippen LogP contribution in [0.1, 0.15) is 39.4 Å². The number of nitrogens with one attached hydrogen (secondary N) is 1. The van der Waals surface area contributed by atoms with Crippen molar-refractivity contribution in [2.45, 2.75) is 39.8 Å². The molecule has 4 nitrogen and oxygen atoms in total. The highest BCUT2D eigenvalue weighted by molar-refractivity contribution is 5.81. The molecule has 18 heavy (non-hydrogen) atoms. The zero-order valence-corrected chi connectivity index (χ0v) is 11.7. The van der Waals surface area contributed by atoms with E-state index in [0.717, 1.165) is 18.8 Å². The third kappa shape index (κ3) is 3.81. The number of aromatic nitrogens is 1. The predicted molar refractivity (Wildman–Crippen MR) is 73.2 cm³/mol. The molecule has 1 heterocycles. The van der Waals surface area contributed by atoms with Crippen LogP contribution in [0.15, 0.2) is 24.4 Å². The van der Waals surface area contributed by atoms with Crippen molar-refractivity contribution in [3.63, 3.8) is 0 Å². The third-order valence-corrected chi connectivity index (χ3v) is 3.08. The van der Waals surface area contributed by atoms with Gasteiger partial charge in [0.1, 0.15) is 0 Å². The lowest BCUT2D eigenvalue weighted by Gasteiger charge is -2.25. The first-order valence-electron chi connectivity index (χ1n) is 6.55. The van der Waals surface area contributed by atoms with Gasteiger partial charge in [0.25, 0.3) is 0 Å². The molecule has 0 aliphatic carbocycles. The van der Waals surface area contributed by atoms with Gasteiger partial charge in [-0.2, -0.15) is 0 Å². The first-order valence-corrected chi connectivity index (χ1v) is 6.55. The lowest BCUT2D eigenvalue weighted by molar-refractivity contribution is -0.132. The van der Waals surface area contributed by atoms with E-state index in [0.29, 0.717) is 0 Å². The molecule has 1 amide bonds. The lowest BCUT2D eigenvalue weighted by atomic mass is 10.1. The first-order chi connectivity index (χ1) is 8.60. The second-order valence-corrected chi connectivity index (χ2v) is 4.38. The van der Waals surface area contributed by atoms with Crippen molar-refractivity contribution in [1.82, 2.24) is 15.2 Å². The molecule has 1 N–H and O–H groups in total. The number of pyridine rings is 1. The van der Waals surface area contributed by atoms with Gasteiger partial charge in [-0.25, -0.2) is 0 Å². The van der Waals surface area contributed by atoms with Gasteiger partial charge < -0.3 is 4.90 Å². The van der Waals surface area contributed by atoms with Crippen LogP contribution in [-0.4, -0.2) is 34.9 Å². The summed E-state index contributed by atoms with van der Waals surface area (Å²) in [6.07, 6.45) is 1.77. The molecule has 1 rings (SSSR count). The number of rotatable bonds is 6. The average Bonchev–Trinajstić information content (AvgIpc) is 2.40. The van der Waals surface area contributed by atoms with Crippen LogP contribution >= 0.6 is 0 Å². The van der Waals surface area contributed by atoms with Crippen molar-refractivity contribution in [1.29, 1.82) is 0 Å². The SMILES string of the molecule is CCN(CC)C(=O)C(C)NC(C)c1ccccn1. The molecule has 2 atom stereocenters. The average molecular weight is 249 g/mol. The van der Waals surface area contributed by atoms with Gasteiger partial charge in [0.15, 0.2) is 0 Å². The second-order valence-electron chi connectivity index (χ2n) is 4.38. The molecular weight excluding hydrogens is 226 g/mol. The number of likely N-dealkylation sites (N-methyl/N-ethyl adjacent to an activating group) is 1. The number of carbonyl (C=O) groups excluding carboxylic acids is 1. The zero-order valence-electron chi connectivity index (χ0n) is 11.7. The maximum atomic E-state index is 12.1. The molecule has 0 saturated carbocycles. The molecule has 0 aromatic carbocycles. The van der Waals surface area contributed by atoms with Gasteiger partial charge in [0, 0.05) is 25.3 Å². The summed E-state index contributed by atoms with van der Waals surface area (Å²) in [6.45, 7) is 9.42.